The zero-order valence-corrected chi connectivity index (χ0v) is 13.5. The minimum Gasteiger partial charge on any atom is -0.480 e. The summed E-state index contributed by atoms with van der Waals surface area (Å²) in [6.45, 7) is 1.76. The molecule has 24 heavy (non-hydrogen) atoms. The molecule has 0 aliphatic heterocycles. The molecule has 124 valence electrons. The molecule has 1 heterocycles. The van der Waals surface area contributed by atoms with E-state index in [9.17, 15) is 14.7 Å². The van der Waals surface area contributed by atoms with Gasteiger partial charge in [0.25, 0.3) is 5.91 Å². The molecule has 0 spiro atoms. The van der Waals surface area contributed by atoms with E-state index < -0.39 is 12.0 Å². The molecule has 1 fully saturated rings. The lowest BCUT2D eigenvalue weighted by molar-refractivity contribution is -0.139. The molecule has 1 unspecified atom stereocenters. The van der Waals surface area contributed by atoms with Crippen LogP contribution in [0.2, 0.25) is 0 Å². The van der Waals surface area contributed by atoms with Crippen molar-refractivity contribution < 1.29 is 14.7 Å². The summed E-state index contributed by atoms with van der Waals surface area (Å²) in [6.07, 6.45) is 2.59. The topological polar surface area (TPSA) is 79.3 Å². The second-order valence-electron chi connectivity index (χ2n) is 6.24. The molecule has 1 aliphatic rings. The molecular weight excluding hydrogens is 304 g/mol. The number of amides is 1. The Morgan fingerprint density at radius 2 is 1.92 bits per heavy atom. The average molecular weight is 324 g/mol. The molecule has 0 radical (unpaired) electrons. The number of rotatable bonds is 6. The maximum Gasteiger partial charge on any atom is 0.326 e. The number of benzene rings is 1. The van der Waals surface area contributed by atoms with Crippen molar-refractivity contribution in [3.8, 4) is 11.3 Å². The van der Waals surface area contributed by atoms with E-state index in [1.807, 2.05) is 30.3 Å². The number of carbonyl (C=O) groups excluding carboxylic acids is 1. The zero-order chi connectivity index (χ0) is 17.1. The van der Waals surface area contributed by atoms with Crippen molar-refractivity contribution in [3.05, 3.63) is 53.7 Å². The average Bonchev–Trinajstić information content (AvgIpc) is 3.38. The minimum absolute atomic E-state index is 0.382. The van der Waals surface area contributed by atoms with Crippen LogP contribution in [0.1, 0.15) is 35.3 Å². The minimum atomic E-state index is -0.984. The van der Waals surface area contributed by atoms with Gasteiger partial charge in [0.2, 0.25) is 0 Å². The van der Waals surface area contributed by atoms with Crippen molar-refractivity contribution in [2.45, 2.75) is 32.2 Å². The molecule has 5 nitrogen and oxygen atoms in total. The number of aliphatic carboxylic acids is 1. The summed E-state index contributed by atoms with van der Waals surface area (Å²) in [7, 11) is 0. The molecule has 1 amide bonds. The Labute approximate surface area is 140 Å². The van der Waals surface area contributed by atoms with Gasteiger partial charge in [0, 0.05) is 5.56 Å². The molecule has 3 rings (SSSR count). The molecule has 1 atom stereocenters. The first-order valence-electron chi connectivity index (χ1n) is 8.11. The van der Waals surface area contributed by atoms with E-state index >= 15 is 0 Å². The van der Waals surface area contributed by atoms with E-state index in [1.54, 1.807) is 19.1 Å². The summed E-state index contributed by atoms with van der Waals surface area (Å²) in [4.78, 5) is 28.2. The fourth-order valence-electron chi connectivity index (χ4n) is 2.72. The predicted molar refractivity (Wildman–Crippen MR) is 90.6 cm³/mol. The Balaban J connectivity index is 1.76. The third kappa shape index (κ3) is 3.79. The first-order chi connectivity index (χ1) is 11.5. The highest BCUT2D eigenvalue weighted by Crippen LogP contribution is 2.33. The van der Waals surface area contributed by atoms with Crippen LogP contribution in [0.15, 0.2) is 42.5 Å². The molecule has 2 aromatic rings. The number of carboxylic acid groups (broad SMARTS) is 1. The van der Waals surface area contributed by atoms with Crippen molar-refractivity contribution in [1.82, 2.24) is 10.3 Å². The molecule has 5 heteroatoms. The molecule has 0 saturated heterocycles. The van der Waals surface area contributed by atoms with Crippen LogP contribution in [-0.4, -0.2) is 28.0 Å². The van der Waals surface area contributed by atoms with Crippen molar-refractivity contribution in [1.29, 1.82) is 0 Å². The lowest BCUT2D eigenvalue weighted by Gasteiger charge is -2.15. The summed E-state index contributed by atoms with van der Waals surface area (Å²) in [5.41, 5.74) is 2.77. The van der Waals surface area contributed by atoms with Gasteiger partial charge < -0.3 is 10.4 Å². The number of nitrogens with one attached hydrogen (secondary N) is 1. The Kier molecular flexibility index (Phi) is 4.60. The van der Waals surface area contributed by atoms with Crippen LogP contribution < -0.4 is 5.32 Å². The summed E-state index contributed by atoms with van der Waals surface area (Å²) in [5.74, 6) is -0.944. The van der Waals surface area contributed by atoms with Crippen LogP contribution in [-0.2, 0) is 4.79 Å². The zero-order valence-electron chi connectivity index (χ0n) is 13.5. The maximum absolute atomic E-state index is 12.4. The third-order valence-corrected chi connectivity index (χ3v) is 4.27. The van der Waals surface area contributed by atoms with Crippen LogP contribution in [0.4, 0.5) is 0 Å². The molecule has 1 saturated carbocycles. The SMILES string of the molecule is Cc1nc(-c2ccccc2)ccc1C(=O)NC(CC1CC1)C(=O)O. The normalized spacial score (nSPS) is 14.9. The Morgan fingerprint density at radius 1 is 1.21 bits per heavy atom. The monoisotopic (exact) mass is 324 g/mol. The standard InChI is InChI=1S/C19H20N2O3/c1-12-15(9-10-16(20-12)14-5-3-2-4-6-14)18(22)21-17(19(23)24)11-13-7-8-13/h2-6,9-10,13,17H,7-8,11H2,1H3,(H,21,22)(H,23,24). The molecular formula is C19H20N2O3. The summed E-state index contributed by atoms with van der Waals surface area (Å²) >= 11 is 0. The Morgan fingerprint density at radius 3 is 2.50 bits per heavy atom. The molecule has 0 bridgehead atoms. The van der Waals surface area contributed by atoms with Crippen LogP contribution in [0, 0.1) is 12.8 Å². The van der Waals surface area contributed by atoms with E-state index in [4.69, 9.17) is 0 Å². The van der Waals surface area contributed by atoms with Crippen molar-refractivity contribution >= 4 is 11.9 Å². The lowest BCUT2D eigenvalue weighted by Crippen LogP contribution is -2.41. The number of pyridine rings is 1. The van der Waals surface area contributed by atoms with Gasteiger partial charge in [-0.3, -0.25) is 9.78 Å². The van der Waals surface area contributed by atoms with Crippen LogP contribution >= 0.6 is 0 Å². The number of hydrogen-bond acceptors (Lipinski definition) is 3. The van der Waals surface area contributed by atoms with Crippen LogP contribution in [0.3, 0.4) is 0 Å². The van der Waals surface area contributed by atoms with Crippen LogP contribution in [0.25, 0.3) is 11.3 Å². The number of carbonyl (C=O) groups is 2. The van der Waals surface area contributed by atoms with Crippen molar-refractivity contribution in [2.75, 3.05) is 0 Å². The number of hydrogen-bond donors (Lipinski definition) is 2. The number of aromatic nitrogens is 1. The van der Waals surface area contributed by atoms with E-state index in [-0.39, 0.29) is 5.91 Å². The first kappa shape index (κ1) is 16.2. The Bertz CT molecular complexity index is 754. The third-order valence-electron chi connectivity index (χ3n) is 4.27. The second-order valence-corrected chi connectivity index (χ2v) is 6.24. The fourth-order valence-corrected chi connectivity index (χ4v) is 2.72. The highest BCUT2D eigenvalue weighted by molar-refractivity contribution is 5.97. The van der Waals surface area contributed by atoms with Gasteiger partial charge in [0.05, 0.1) is 17.0 Å². The highest BCUT2D eigenvalue weighted by atomic mass is 16.4. The van der Waals surface area contributed by atoms with E-state index in [2.05, 4.69) is 10.3 Å². The molecule has 1 aromatic carbocycles. The fraction of sp³-hybridized carbons (Fsp3) is 0.316. The highest BCUT2D eigenvalue weighted by Gasteiger charge is 2.30. The number of carboxylic acids is 1. The molecule has 1 aromatic heterocycles. The number of aryl methyl sites for hydroxylation is 1. The lowest BCUT2D eigenvalue weighted by atomic mass is 10.1. The second kappa shape index (κ2) is 6.83. The van der Waals surface area contributed by atoms with Crippen molar-refractivity contribution in [2.24, 2.45) is 5.92 Å². The van der Waals surface area contributed by atoms with Gasteiger partial charge in [0.15, 0.2) is 0 Å². The first-order valence-corrected chi connectivity index (χ1v) is 8.11. The molecule has 2 N–H and O–H groups in total. The van der Waals surface area contributed by atoms with Gasteiger partial charge in [-0.25, -0.2) is 4.79 Å². The quantitative estimate of drug-likeness (QED) is 0.856. The summed E-state index contributed by atoms with van der Waals surface area (Å²) in [6, 6.07) is 12.4. The van der Waals surface area contributed by atoms with E-state index in [1.165, 1.54) is 0 Å². The Hall–Kier alpha value is -2.69. The predicted octanol–water partition coefficient (Wildman–Crippen LogP) is 3.04. The summed E-state index contributed by atoms with van der Waals surface area (Å²) in [5, 5.41) is 11.9. The van der Waals surface area contributed by atoms with Crippen molar-refractivity contribution in [3.63, 3.8) is 0 Å². The number of nitrogens with zero attached hydrogens (tertiary/aromatic N) is 1. The van der Waals surface area contributed by atoms with Gasteiger partial charge in [-0.2, -0.15) is 0 Å². The largest absolute Gasteiger partial charge is 0.480 e. The van der Waals surface area contributed by atoms with Gasteiger partial charge in [-0.1, -0.05) is 43.2 Å². The van der Waals surface area contributed by atoms with Gasteiger partial charge in [-0.15, -0.1) is 0 Å². The van der Waals surface area contributed by atoms with Gasteiger partial charge >= 0.3 is 5.97 Å². The van der Waals surface area contributed by atoms with Gasteiger partial charge in [-0.05, 0) is 31.4 Å². The van der Waals surface area contributed by atoms with E-state index in [0.29, 0.717) is 23.6 Å². The van der Waals surface area contributed by atoms with Crippen LogP contribution in [0.5, 0.6) is 0 Å². The molecule has 1 aliphatic carbocycles. The van der Waals surface area contributed by atoms with Gasteiger partial charge in [0.1, 0.15) is 6.04 Å². The van der Waals surface area contributed by atoms with E-state index in [0.717, 1.165) is 24.1 Å². The maximum atomic E-state index is 12.4. The summed E-state index contributed by atoms with van der Waals surface area (Å²) < 4.78 is 0. The smallest absolute Gasteiger partial charge is 0.326 e.